The number of nitrogens with one attached hydrogen (secondary N) is 1. The molecule has 1 aliphatic rings. The number of aromatic nitrogens is 1. The number of carboxylic acid groups (broad SMARTS) is 1. The van der Waals surface area contributed by atoms with Gasteiger partial charge in [0.15, 0.2) is 0 Å². The van der Waals surface area contributed by atoms with E-state index in [1.807, 2.05) is 30.3 Å². The normalized spacial score (nSPS) is 20.1. The molecule has 1 heterocycles. The molecule has 1 aromatic heterocycles. The SMILES string of the molecule is Cc1c(C(=O)N[C@H]2CC[C@H](C)CC2)cc(=O)n(C(C)C(=O)O)c1-c1ccccc1. The van der Waals surface area contributed by atoms with Crippen LogP contribution in [-0.4, -0.2) is 27.6 Å². The molecule has 1 atom stereocenters. The lowest BCUT2D eigenvalue weighted by Crippen LogP contribution is -2.39. The van der Waals surface area contributed by atoms with Crippen LogP contribution in [0.3, 0.4) is 0 Å². The summed E-state index contributed by atoms with van der Waals surface area (Å²) in [6.07, 6.45) is 4.03. The summed E-state index contributed by atoms with van der Waals surface area (Å²) in [5, 5.41) is 12.6. The van der Waals surface area contributed by atoms with Crippen molar-refractivity contribution < 1.29 is 14.7 Å². The number of aliphatic carboxylic acids is 1. The summed E-state index contributed by atoms with van der Waals surface area (Å²) in [7, 11) is 0. The van der Waals surface area contributed by atoms with E-state index in [9.17, 15) is 19.5 Å². The number of amides is 1. The van der Waals surface area contributed by atoms with Gasteiger partial charge in [-0.2, -0.15) is 0 Å². The number of carbonyl (C=O) groups excluding carboxylic acids is 1. The Kier molecular flexibility index (Phi) is 6.20. The highest BCUT2D eigenvalue weighted by Crippen LogP contribution is 2.28. The van der Waals surface area contributed by atoms with Crippen LogP contribution in [0, 0.1) is 12.8 Å². The number of carboxylic acids is 1. The van der Waals surface area contributed by atoms with Crippen molar-refractivity contribution >= 4 is 11.9 Å². The van der Waals surface area contributed by atoms with E-state index < -0.39 is 17.6 Å². The Hall–Kier alpha value is -2.89. The number of benzene rings is 1. The van der Waals surface area contributed by atoms with E-state index in [2.05, 4.69) is 12.2 Å². The molecular formula is C23H28N2O4. The molecule has 1 fully saturated rings. The molecule has 6 heteroatoms. The first-order valence-electron chi connectivity index (χ1n) is 10.1. The first-order valence-corrected chi connectivity index (χ1v) is 10.1. The van der Waals surface area contributed by atoms with Gasteiger partial charge in [0, 0.05) is 17.7 Å². The topological polar surface area (TPSA) is 88.4 Å². The molecule has 2 aromatic rings. The molecule has 6 nitrogen and oxygen atoms in total. The fourth-order valence-corrected chi connectivity index (χ4v) is 4.07. The molecule has 0 bridgehead atoms. The van der Waals surface area contributed by atoms with Gasteiger partial charge >= 0.3 is 5.97 Å². The molecular weight excluding hydrogens is 368 g/mol. The third-order valence-corrected chi connectivity index (χ3v) is 5.89. The molecule has 154 valence electrons. The van der Waals surface area contributed by atoms with Crippen molar-refractivity contribution in [3.63, 3.8) is 0 Å². The predicted molar refractivity (Wildman–Crippen MR) is 112 cm³/mol. The quantitative estimate of drug-likeness (QED) is 0.805. The summed E-state index contributed by atoms with van der Waals surface area (Å²) in [4.78, 5) is 37.5. The van der Waals surface area contributed by atoms with Gasteiger partial charge in [-0.1, -0.05) is 37.3 Å². The van der Waals surface area contributed by atoms with Gasteiger partial charge in [-0.25, -0.2) is 4.79 Å². The van der Waals surface area contributed by atoms with Gasteiger partial charge in [-0.05, 0) is 56.6 Å². The molecule has 0 spiro atoms. The van der Waals surface area contributed by atoms with E-state index in [4.69, 9.17) is 0 Å². The van der Waals surface area contributed by atoms with Crippen molar-refractivity contribution in [1.29, 1.82) is 0 Å². The summed E-state index contributed by atoms with van der Waals surface area (Å²) in [6, 6.07) is 9.46. The highest BCUT2D eigenvalue weighted by atomic mass is 16.4. The number of carbonyl (C=O) groups is 2. The Morgan fingerprint density at radius 1 is 1.14 bits per heavy atom. The zero-order chi connectivity index (χ0) is 21.1. The molecule has 1 aliphatic carbocycles. The molecule has 2 N–H and O–H groups in total. The van der Waals surface area contributed by atoms with Crippen LogP contribution in [0.4, 0.5) is 0 Å². The fourth-order valence-electron chi connectivity index (χ4n) is 4.07. The maximum absolute atomic E-state index is 13.0. The first kappa shape index (κ1) is 20.8. The van der Waals surface area contributed by atoms with Gasteiger partial charge < -0.3 is 10.4 Å². The Bertz CT molecular complexity index is 957. The second kappa shape index (κ2) is 8.64. The third-order valence-electron chi connectivity index (χ3n) is 5.89. The number of hydrogen-bond donors (Lipinski definition) is 2. The highest BCUT2D eigenvalue weighted by molar-refractivity contribution is 5.97. The van der Waals surface area contributed by atoms with Gasteiger partial charge in [0.25, 0.3) is 11.5 Å². The van der Waals surface area contributed by atoms with E-state index in [-0.39, 0.29) is 11.9 Å². The van der Waals surface area contributed by atoms with Crippen LogP contribution < -0.4 is 10.9 Å². The summed E-state index contributed by atoms with van der Waals surface area (Å²) < 4.78 is 1.26. The standard InChI is InChI=1S/C23H28N2O4/c1-14-9-11-18(12-10-14)24-22(27)19-13-20(26)25(16(3)23(28)29)21(15(19)2)17-7-5-4-6-8-17/h4-8,13-14,16,18H,9-12H2,1-3H3,(H,24,27)(H,28,29)/t14-,16?,18-. The second-order valence-corrected chi connectivity index (χ2v) is 8.05. The van der Waals surface area contributed by atoms with Crippen LogP contribution in [0.1, 0.15) is 61.5 Å². The summed E-state index contributed by atoms with van der Waals surface area (Å²) in [5.41, 5.74) is 1.59. The van der Waals surface area contributed by atoms with Crippen LogP contribution in [0.25, 0.3) is 11.3 Å². The van der Waals surface area contributed by atoms with E-state index in [1.54, 1.807) is 6.92 Å². The fraction of sp³-hybridized carbons (Fsp3) is 0.435. The molecule has 1 saturated carbocycles. The molecule has 0 radical (unpaired) electrons. The Morgan fingerprint density at radius 2 is 1.76 bits per heavy atom. The van der Waals surface area contributed by atoms with E-state index in [0.717, 1.165) is 25.7 Å². The minimum absolute atomic E-state index is 0.110. The molecule has 3 rings (SSSR count). The molecule has 1 aromatic carbocycles. The van der Waals surface area contributed by atoms with Gasteiger partial charge in [-0.3, -0.25) is 14.2 Å². The molecule has 0 saturated heterocycles. The zero-order valence-electron chi connectivity index (χ0n) is 17.1. The number of hydrogen-bond acceptors (Lipinski definition) is 3. The lowest BCUT2D eigenvalue weighted by atomic mass is 9.87. The molecule has 1 unspecified atom stereocenters. The minimum Gasteiger partial charge on any atom is -0.480 e. The second-order valence-electron chi connectivity index (χ2n) is 8.05. The van der Waals surface area contributed by atoms with Crippen molar-refractivity contribution in [2.75, 3.05) is 0 Å². The monoisotopic (exact) mass is 396 g/mol. The summed E-state index contributed by atoms with van der Waals surface area (Å²) in [5.74, 6) is -0.695. The highest BCUT2D eigenvalue weighted by Gasteiger charge is 2.26. The summed E-state index contributed by atoms with van der Waals surface area (Å²) >= 11 is 0. The van der Waals surface area contributed by atoms with Crippen LogP contribution >= 0.6 is 0 Å². The van der Waals surface area contributed by atoms with Crippen LogP contribution in [-0.2, 0) is 4.79 Å². The summed E-state index contributed by atoms with van der Waals surface area (Å²) in [6.45, 7) is 5.46. The smallest absolute Gasteiger partial charge is 0.326 e. The predicted octanol–water partition coefficient (Wildman–Crippen LogP) is 3.78. The maximum Gasteiger partial charge on any atom is 0.326 e. The average molecular weight is 396 g/mol. The van der Waals surface area contributed by atoms with Gasteiger partial charge in [-0.15, -0.1) is 0 Å². The Balaban J connectivity index is 2.06. The van der Waals surface area contributed by atoms with Crippen molar-refractivity contribution in [3.8, 4) is 11.3 Å². The van der Waals surface area contributed by atoms with E-state index >= 15 is 0 Å². The van der Waals surface area contributed by atoms with Gasteiger partial charge in [0.1, 0.15) is 6.04 Å². The zero-order valence-corrected chi connectivity index (χ0v) is 17.1. The van der Waals surface area contributed by atoms with Crippen LogP contribution in [0.5, 0.6) is 0 Å². The lowest BCUT2D eigenvalue weighted by Gasteiger charge is -2.27. The number of rotatable bonds is 5. The van der Waals surface area contributed by atoms with Crippen molar-refractivity contribution in [2.24, 2.45) is 5.92 Å². The first-order chi connectivity index (χ1) is 13.8. The molecule has 0 aliphatic heterocycles. The molecule has 1 amide bonds. The maximum atomic E-state index is 13.0. The molecule has 29 heavy (non-hydrogen) atoms. The van der Waals surface area contributed by atoms with Gasteiger partial charge in [0.2, 0.25) is 0 Å². The Labute approximate surface area is 170 Å². The van der Waals surface area contributed by atoms with E-state index in [1.165, 1.54) is 17.6 Å². The van der Waals surface area contributed by atoms with Crippen LogP contribution in [0.15, 0.2) is 41.2 Å². The lowest BCUT2D eigenvalue weighted by molar-refractivity contribution is -0.140. The number of pyridine rings is 1. The van der Waals surface area contributed by atoms with Crippen molar-refractivity contribution in [3.05, 3.63) is 57.9 Å². The third kappa shape index (κ3) is 4.42. The van der Waals surface area contributed by atoms with E-state index in [0.29, 0.717) is 28.3 Å². The average Bonchev–Trinajstić information content (AvgIpc) is 2.70. The number of nitrogens with zero attached hydrogens (tertiary/aromatic N) is 1. The Morgan fingerprint density at radius 3 is 2.34 bits per heavy atom. The van der Waals surface area contributed by atoms with Crippen molar-refractivity contribution in [1.82, 2.24) is 9.88 Å². The largest absolute Gasteiger partial charge is 0.480 e. The van der Waals surface area contributed by atoms with Crippen LogP contribution in [0.2, 0.25) is 0 Å². The minimum atomic E-state index is -1.10. The van der Waals surface area contributed by atoms with Crippen molar-refractivity contribution in [2.45, 2.75) is 58.5 Å². The van der Waals surface area contributed by atoms with Gasteiger partial charge in [0.05, 0.1) is 5.69 Å².